The third kappa shape index (κ3) is 7.74. The number of benzene rings is 4. The van der Waals surface area contributed by atoms with E-state index in [1.165, 1.54) is 18.1 Å². The standard InChI is InChI=1S/C36H36O6/c1-6-7-26-8-9-29-21-31(11-10-28(29)20-26)33-22-30(27-12-15-32(16-13-27)42-35(37)24(2)3)14-17-34(33)40-18-19-41-36(38)25(4)23-39-5/h8-17,20-22H,2,4,6-7,18-19,23H2,1,3,5H3. The molecule has 0 aliphatic heterocycles. The molecule has 42 heavy (non-hydrogen) atoms. The fraction of sp³-hybridized carbons (Fsp3) is 0.222. The first-order valence-electron chi connectivity index (χ1n) is 13.9. The fourth-order valence-corrected chi connectivity index (χ4v) is 4.50. The molecule has 0 N–H and O–H groups in total. The normalized spacial score (nSPS) is 10.7. The minimum Gasteiger partial charge on any atom is -0.489 e. The van der Waals surface area contributed by atoms with Crippen molar-refractivity contribution in [2.75, 3.05) is 26.9 Å². The van der Waals surface area contributed by atoms with E-state index in [4.69, 9.17) is 18.9 Å². The molecular formula is C36H36O6. The van der Waals surface area contributed by atoms with E-state index >= 15 is 0 Å². The van der Waals surface area contributed by atoms with E-state index in [-0.39, 0.29) is 25.4 Å². The van der Waals surface area contributed by atoms with Crippen molar-refractivity contribution in [3.05, 3.63) is 109 Å². The van der Waals surface area contributed by atoms with E-state index in [1.54, 1.807) is 19.1 Å². The Kier molecular flexibility index (Phi) is 10.3. The van der Waals surface area contributed by atoms with Crippen LogP contribution in [0, 0.1) is 0 Å². The van der Waals surface area contributed by atoms with Gasteiger partial charge in [-0.25, -0.2) is 9.59 Å². The quantitative estimate of drug-likeness (QED) is 0.0716. The van der Waals surface area contributed by atoms with Gasteiger partial charge in [-0.05, 0) is 76.7 Å². The lowest BCUT2D eigenvalue weighted by molar-refractivity contribution is -0.140. The van der Waals surface area contributed by atoms with Crippen molar-refractivity contribution < 1.29 is 28.5 Å². The monoisotopic (exact) mass is 564 g/mol. The summed E-state index contributed by atoms with van der Waals surface area (Å²) in [4.78, 5) is 23.9. The van der Waals surface area contributed by atoms with Crippen molar-refractivity contribution in [2.45, 2.75) is 26.7 Å². The molecule has 0 saturated carbocycles. The van der Waals surface area contributed by atoms with Gasteiger partial charge in [-0.1, -0.05) is 75.0 Å². The third-order valence-electron chi connectivity index (χ3n) is 6.66. The van der Waals surface area contributed by atoms with E-state index < -0.39 is 11.9 Å². The summed E-state index contributed by atoms with van der Waals surface area (Å²) in [6, 6.07) is 26.3. The highest BCUT2D eigenvalue weighted by Crippen LogP contribution is 2.36. The number of carbonyl (C=O) groups is 2. The molecule has 0 radical (unpaired) electrons. The lowest BCUT2D eigenvalue weighted by atomic mass is 9.95. The molecule has 0 aliphatic carbocycles. The number of methoxy groups -OCH3 is 1. The lowest BCUT2D eigenvalue weighted by Crippen LogP contribution is -2.15. The maximum atomic E-state index is 12.1. The lowest BCUT2D eigenvalue weighted by Gasteiger charge is -2.15. The van der Waals surface area contributed by atoms with Gasteiger partial charge < -0.3 is 18.9 Å². The van der Waals surface area contributed by atoms with E-state index in [9.17, 15) is 9.59 Å². The second-order valence-electron chi connectivity index (χ2n) is 10.1. The van der Waals surface area contributed by atoms with Gasteiger partial charge in [-0.2, -0.15) is 0 Å². The molecule has 4 rings (SSSR count). The molecule has 0 saturated heterocycles. The van der Waals surface area contributed by atoms with Gasteiger partial charge in [0.25, 0.3) is 0 Å². The van der Waals surface area contributed by atoms with Crippen LogP contribution in [0.5, 0.6) is 11.5 Å². The molecule has 0 heterocycles. The Hall–Kier alpha value is -4.68. The van der Waals surface area contributed by atoms with Crippen molar-refractivity contribution >= 4 is 22.7 Å². The topological polar surface area (TPSA) is 71.1 Å². The molecule has 0 aliphatic rings. The highest BCUT2D eigenvalue weighted by molar-refractivity contribution is 5.90. The molecule has 0 unspecified atom stereocenters. The molecule has 4 aromatic carbocycles. The summed E-state index contributed by atoms with van der Waals surface area (Å²) < 4.78 is 21.7. The van der Waals surface area contributed by atoms with Gasteiger partial charge in [-0.15, -0.1) is 0 Å². The molecule has 6 heteroatoms. The average molecular weight is 565 g/mol. The van der Waals surface area contributed by atoms with Crippen LogP contribution in [0.1, 0.15) is 25.8 Å². The molecule has 0 aromatic heterocycles. The largest absolute Gasteiger partial charge is 0.489 e. The summed E-state index contributed by atoms with van der Waals surface area (Å²) >= 11 is 0. The number of hydrogen-bond acceptors (Lipinski definition) is 6. The Labute approximate surface area is 247 Å². The predicted octanol–water partition coefficient (Wildman–Crippen LogP) is 7.73. The number of aryl methyl sites for hydroxylation is 1. The van der Waals surface area contributed by atoms with Crippen LogP contribution in [-0.4, -0.2) is 38.9 Å². The zero-order chi connectivity index (χ0) is 30.1. The Balaban J connectivity index is 1.62. The van der Waals surface area contributed by atoms with Crippen LogP contribution >= 0.6 is 0 Å². The zero-order valence-electron chi connectivity index (χ0n) is 24.4. The Morgan fingerprint density at radius 3 is 2.17 bits per heavy atom. The molecule has 0 spiro atoms. The molecule has 216 valence electrons. The molecular weight excluding hydrogens is 528 g/mol. The molecule has 0 amide bonds. The van der Waals surface area contributed by atoms with Crippen LogP contribution in [0.15, 0.2) is 103 Å². The van der Waals surface area contributed by atoms with Crippen LogP contribution in [0.25, 0.3) is 33.0 Å². The van der Waals surface area contributed by atoms with Gasteiger partial charge in [0.15, 0.2) is 0 Å². The average Bonchev–Trinajstić information content (AvgIpc) is 2.99. The van der Waals surface area contributed by atoms with Crippen molar-refractivity contribution in [1.29, 1.82) is 0 Å². The first-order chi connectivity index (χ1) is 20.3. The van der Waals surface area contributed by atoms with Crippen molar-refractivity contribution in [2.24, 2.45) is 0 Å². The smallest absolute Gasteiger partial charge is 0.338 e. The number of fused-ring (bicyclic) bond motifs is 1. The molecule has 6 nitrogen and oxygen atoms in total. The highest BCUT2D eigenvalue weighted by Gasteiger charge is 2.13. The van der Waals surface area contributed by atoms with E-state index in [1.807, 2.05) is 24.3 Å². The molecule has 0 atom stereocenters. The zero-order valence-corrected chi connectivity index (χ0v) is 24.4. The van der Waals surface area contributed by atoms with E-state index in [0.717, 1.165) is 40.5 Å². The minimum atomic E-state index is -0.509. The number of esters is 2. The summed E-state index contributed by atoms with van der Waals surface area (Å²) in [5, 5.41) is 2.32. The fourth-order valence-electron chi connectivity index (χ4n) is 4.50. The summed E-state index contributed by atoms with van der Waals surface area (Å²) in [6.07, 6.45) is 2.15. The molecule has 0 fully saturated rings. The van der Waals surface area contributed by atoms with Crippen LogP contribution in [0.2, 0.25) is 0 Å². The van der Waals surface area contributed by atoms with Crippen molar-refractivity contribution in [1.82, 2.24) is 0 Å². The third-order valence-corrected chi connectivity index (χ3v) is 6.66. The minimum absolute atomic E-state index is 0.0745. The van der Waals surface area contributed by atoms with Crippen LogP contribution in [0.4, 0.5) is 0 Å². The Morgan fingerprint density at radius 2 is 1.45 bits per heavy atom. The maximum absolute atomic E-state index is 12.1. The summed E-state index contributed by atoms with van der Waals surface area (Å²) in [7, 11) is 1.50. The number of carbonyl (C=O) groups excluding carboxylic acids is 2. The molecule has 0 bridgehead atoms. The van der Waals surface area contributed by atoms with Gasteiger partial charge in [-0.3, -0.25) is 0 Å². The van der Waals surface area contributed by atoms with Gasteiger partial charge >= 0.3 is 11.9 Å². The van der Waals surface area contributed by atoms with E-state index in [0.29, 0.717) is 17.1 Å². The highest BCUT2D eigenvalue weighted by atomic mass is 16.6. The number of hydrogen-bond donors (Lipinski definition) is 0. The van der Waals surface area contributed by atoms with E-state index in [2.05, 4.69) is 62.5 Å². The summed E-state index contributed by atoms with van der Waals surface area (Å²) in [5.41, 5.74) is 5.74. The van der Waals surface area contributed by atoms with Gasteiger partial charge in [0, 0.05) is 18.2 Å². The second kappa shape index (κ2) is 14.3. The van der Waals surface area contributed by atoms with Crippen LogP contribution in [-0.2, 0) is 25.5 Å². The number of rotatable bonds is 13. The first-order valence-corrected chi connectivity index (χ1v) is 13.9. The summed E-state index contributed by atoms with van der Waals surface area (Å²) in [5.74, 6) is 0.148. The van der Waals surface area contributed by atoms with Crippen molar-refractivity contribution in [3.63, 3.8) is 0 Å². The first kappa shape index (κ1) is 30.3. The Bertz CT molecular complexity index is 1600. The second-order valence-corrected chi connectivity index (χ2v) is 10.1. The van der Waals surface area contributed by atoms with Crippen LogP contribution < -0.4 is 9.47 Å². The van der Waals surface area contributed by atoms with Gasteiger partial charge in [0.05, 0.1) is 12.2 Å². The van der Waals surface area contributed by atoms with Gasteiger partial charge in [0.2, 0.25) is 0 Å². The van der Waals surface area contributed by atoms with Gasteiger partial charge in [0.1, 0.15) is 24.7 Å². The van der Waals surface area contributed by atoms with Crippen molar-refractivity contribution in [3.8, 4) is 33.8 Å². The Morgan fingerprint density at radius 1 is 0.762 bits per heavy atom. The summed E-state index contributed by atoms with van der Waals surface area (Å²) in [6.45, 7) is 11.5. The number of ether oxygens (including phenoxy) is 4. The predicted molar refractivity (Wildman–Crippen MR) is 167 cm³/mol. The van der Waals surface area contributed by atoms with Crippen LogP contribution in [0.3, 0.4) is 0 Å². The molecule has 4 aromatic rings. The maximum Gasteiger partial charge on any atom is 0.338 e. The SMILES string of the molecule is C=C(C)C(=O)Oc1ccc(-c2ccc(OCCOC(=O)C(=C)COC)c(-c3ccc4cc(CCC)ccc4c3)c2)cc1.